The van der Waals surface area contributed by atoms with Gasteiger partial charge in [-0.05, 0) is 0 Å². The summed E-state index contributed by atoms with van der Waals surface area (Å²) in [6.07, 6.45) is 0.541. The van der Waals surface area contributed by atoms with Crippen molar-refractivity contribution in [3.05, 3.63) is 71.3 Å². The molecule has 0 bridgehead atoms. The molecule has 0 aromatic heterocycles. The number of aliphatic imine (C=N–C) groups is 1. The van der Waals surface area contributed by atoms with Gasteiger partial charge in [-0.3, -0.25) is 0 Å². The molecule has 100 valence electrons. The van der Waals surface area contributed by atoms with Gasteiger partial charge in [0.1, 0.15) is 0 Å². The van der Waals surface area contributed by atoms with Gasteiger partial charge in [0, 0.05) is 0 Å². The fraction of sp³-hybridized carbons (Fsp3) is 0.176. The van der Waals surface area contributed by atoms with Crippen molar-refractivity contribution in [3.63, 3.8) is 0 Å². The Labute approximate surface area is 125 Å². The molecule has 20 heavy (non-hydrogen) atoms. The van der Waals surface area contributed by atoms with Crippen LogP contribution in [0, 0.1) is 6.92 Å². The molecule has 1 heterocycles. The van der Waals surface area contributed by atoms with Crippen LogP contribution < -0.4 is 0 Å². The first-order valence-corrected chi connectivity index (χ1v) is 8.47. The van der Waals surface area contributed by atoms with Crippen LogP contribution in [0.2, 0.25) is 0 Å². The summed E-state index contributed by atoms with van der Waals surface area (Å²) in [7, 11) is 0. The molecule has 0 unspecified atom stereocenters. The number of amides is 1. The SMILES string of the molecule is Cc1ccc(C2=NC(=O)C[C@H](c3ccccc3)[Se]2)cc1. The fourth-order valence-corrected chi connectivity index (χ4v) is 4.75. The molecule has 0 spiro atoms. The van der Waals surface area contributed by atoms with Crippen LogP contribution in [0.1, 0.15) is 27.9 Å². The molecule has 3 heteroatoms. The van der Waals surface area contributed by atoms with Gasteiger partial charge >= 0.3 is 125 Å². The standard InChI is InChI=1S/C17H15NOSe/c1-12-7-9-14(10-8-12)17-18-16(19)11-15(20-17)13-5-3-2-4-6-13/h2-10,15H,11H2,1H3/t15-/m1/s1. The second-order valence-electron chi connectivity index (χ2n) is 4.90. The van der Waals surface area contributed by atoms with Gasteiger partial charge in [-0.1, -0.05) is 0 Å². The van der Waals surface area contributed by atoms with Gasteiger partial charge in [0.25, 0.3) is 0 Å². The third-order valence-corrected chi connectivity index (χ3v) is 5.98. The molecule has 0 fully saturated rings. The summed E-state index contributed by atoms with van der Waals surface area (Å²) in [5, 5.41) is 0. The van der Waals surface area contributed by atoms with Crippen molar-refractivity contribution in [2.75, 3.05) is 0 Å². The van der Waals surface area contributed by atoms with E-state index in [1.807, 2.05) is 18.2 Å². The van der Waals surface area contributed by atoms with Crippen molar-refractivity contribution in [1.29, 1.82) is 0 Å². The Balaban J connectivity index is 1.89. The van der Waals surface area contributed by atoms with Crippen LogP contribution in [0.3, 0.4) is 0 Å². The number of hydrogen-bond donors (Lipinski definition) is 0. The van der Waals surface area contributed by atoms with Crippen molar-refractivity contribution in [1.82, 2.24) is 0 Å². The Morgan fingerprint density at radius 2 is 1.75 bits per heavy atom. The summed E-state index contributed by atoms with van der Waals surface area (Å²) >= 11 is 0.199. The van der Waals surface area contributed by atoms with Gasteiger partial charge in [-0.15, -0.1) is 0 Å². The first-order chi connectivity index (χ1) is 9.72. The normalized spacial score (nSPS) is 18.8. The Kier molecular flexibility index (Phi) is 3.81. The summed E-state index contributed by atoms with van der Waals surface area (Å²) < 4.78 is 0.975. The first kappa shape index (κ1) is 13.3. The zero-order valence-corrected chi connectivity index (χ0v) is 13.0. The van der Waals surface area contributed by atoms with E-state index in [0.29, 0.717) is 11.2 Å². The summed E-state index contributed by atoms with van der Waals surface area (Å²) in [4.78, 5) is 16.5. The third-order valence-electron chi connectivity index (χ3n) is 3.31. The second-order valence-corrected chi connectivity index (χ2v) is 7.40. The molecule has 0 radical (unpaired) electrons. The molecule has 0 N–H and O–H groups in total. The minimum absolute atomic E-state index is 0.00236. The zero-order valence-electron chi connectivity index (χ0n) is 11.2. The molecule has 1 aliphatic rings. The van der Waals surface area contributed by atoms with Gasteiger partial charge in [-0.2, -0.15) is 0 Å². The number of nitrogens with zero attached hydrogens (tertiary/aromatic N) is 1. The predicted molar refractivity (Wildman–Crippen MR) is 82.3 cm³/mol. The molecule has 2 aromatic rings. The van der Waals surface area contributed by atoms with Gasteiger partial charge in [0.05, 0.1) is 0 Å². The molecule has 0 saturated carbocycles. The van der Waals surface area contributed by atoms with Crippen LogP contribution in [-0.2, 0) is 4.79 Å². The third kappa shape index (κ3) is 2.90. The summed E-state index contributed by atoms with van der Waals surface area (Å²) in [6.45, 7) is 2.07. The van der Waals surface area contributed by atoms with Crippen molar-refractivity contribution in [2.45, 2.75) is 18.2 Å². The first-order valence-electron chi connectivity index (χ1n) is 6.62. The fourth-order valence-electron chi connectivity index (χ4n) is 2.20. The molecule has 1 atom stereocenters. The second kappa shape index (κ2) is 5.74. The molecule has 0 saturated heterocycles. The number of carbonyl (C=O) groups is 1. The van der Waals surface area contributed by atoms with Crippen LogP contribution in [0.5, 0.6) is 0 Å². The number of carbonyl (C=O) groups excluding carboxylic acids is 1. The van der Waals surface area contributed by atoms with Crippen LogP contribution in [0.15, 0.2) is 59.6 Å². The molecular weight excluding hydrogens is 313 g/mol. The van der Waals surface area contributed by atoms with Crippen molar-refractivity contribution in [2.24, 2.45) is 4.99 Å². The van der Waals surface area contributed by atoms with Gasteiger partial charge in [0.2, 0.25) is 0 Å². The van der Waals surface area contributed by atoms with E-state index >= 15 is 0 Å². The predicted octanol–water partition coefficient (Wildman–Crippen LogP) is 3.12. The Morgan fingerprint density at radius 1 is 1.05 bits per heavy atom. The monoisotopic (exact) mass is 329 g/mol. The summed E-state index contributed by atoms with van der Waals surface area (Å²) in [5.41, 5.74) is 3.56. The topological polar surface area (TPSA) is 29.4 Å². The molecule has 1 aliphatic heterocycles. The van der Waals surface area contributed by atoms with Crippen molar-refractivity contribution in [3.8, 4) is 0 Å². The van der Waals surface area contributed by atoms with E-state index in [1.54, 1.807) is 0 Å². The number of hydrogen-bond acceptors (Lipinski definition) is 1. The maximum atomic E-state index is 11.9. The van der Waals surface area contributed by atoms with Crippen molar-refractivity contribution >= 4 is 25.5 Å². The summed E-state index contributed by atoms with van der Waals surface area (Å²) in [5.74, 6) is 0.00236. The van der Waals surface area contributed by atoms with E-state index < -0.39 is 0 Å². The van der Waals surface area contributed by atoms with E-state index in [2.05, 4.69) is 48.3 Å². The van der Waals surface area contributed by atoms with Crippen molar-refractivity contribution < 1.29 is 4.79 Å². The molecule has 1 amide bonds. The minimum atomic E-state index is 0.00236. The van der Waals surface area contributed by atoms with E-state index in [9.17, 15) is 4.79 Å². The molecule has 2 aromatic carbocycles. The van der Waals surface area contributed by atoms with Crippen LogP contribution >= 0.6 is 0 Å². The number of aryl methyl sites for hydroxylation is 1. The van der Waals surface area contributed by atoms with Gasteiger partial charge < -0.3 is 0 Å². The average Bonchev–Trinajstić information content (AvgIpc) is 2.48. The molecule has 3 rings (SSSR count). The number of rotatable bonds is 2. The van der Waals surface area contributed by atoms with E-state index in [1.165, 1.54) is 11.1 Å². The molecule has 2 nitrogen and oxygen atoms in total. The zero-order chi connectivity index (χ0) is 13.9. The Hall–Kier alpha value is -1.70. The van der Waals surface area contributed by atoms with Crippen LogP contribution in [-0.4, -0.2) is 25.5 Å². The Bertz CT molecular complexity index is 646. The maximum absolute atomic E-state index is 11.9. The van der Waals surface area contributed by atoms with Gasteiger partial charge in [-0.25, -0.2) is 0 Å². The van der Waals surface area contributed by atoms with E-state index in [0.717, 1.165) is 10.2 Å². The van der Waals surface area contributed by atoms with E-state index in [-0.39, 0.29) is 20.9 Å². The van der Waals surface area contributed by atoms with Crippen LogP contribution in [0.25, 0.3) is 0 Å². The molecule has 0 aliphatic carbocycles. The summed E-state index contributed by atoms with van der Waals surface area (Å²) in [6, 6.07) is 18.6. The van der Waals surface area contributed by atoms with E-state index in [4.69, 9.17) is 0 Å². The van der Waals surface area contributed by atoms with Crippen LogP contribution in [0.4, 0.5) is 0 Å². The number of benzene rings is 2. The van der Waals surface area contributed by atoms with Gasteiger partial charge in [0.15, 0.2) is 0 Å². The quantitative estimate of drug-likeness (QED) is 0.779. The molecular formula is C17H15NOSe. The average molecular weight is 328 g/mol. The Morgan fingerprint density at radius 3 is 2.45 bits per heavy atom.